The lowest BCUT2D eigenvalue weighted by molar-refractivity contribution is 0.111. The molecule has 5 heteroatoms. The molecule has 0 saturated carbocycles. The number of nitrogens with zero attached hydrogens (tertiary/aromatic N) is 3. The van der Waals surface area contributed by atoms with E-state index in [1.807, 2.05) is 31.2 Å². The normalized spacial score (nSPS) is 10.6. The Kier molecular flexibility index (Phi) is 3.66. The van der Waals surface area contributed by atoms with E-state index in [2.05, 4.69) is 11.1 Å². The highest BCUT2D eigenvalue weighted by atomic mass is 35.5. The van der Waals surface area contributed by atoms with Crippen LogP contribution in [0.3, 0.4) is 0 Å². The van der Waals surface area contributed by atoms with Gasteiger partial charge in [-0.2, -0.15) is 5.26 Å². The molecule has 0 radical (unpaired) electrons. The zero-order chi connectivity index (χ0) is 15.7. The Morgan fingerprint density at radius 1 is 1.27 bits per heavy atom. The Morgan fingerprint density at radius 3 is 2.64 bits per heavy atom. The third-order valence-electron chi connectivity index (χ3n) is 3.66. The summed E-state index contributed by atoms with van der Waals surface area (Å²) < 4.78 is 1.73. The molecule has 0 amide bonds. The van der Waals surface area contributed by atoms with Crippen LogP contribution in [0.5, 0.6) is 0 Å². The second kappa shape index (κ2) is 5.63. The van der Waals surface area contributed by atoms with E-state index in [-0.39, 0.29) is 0 Å². The van der Waals surface area contributed by atoms with Crippen LogP contribution in [0.15, 0.2) is 36.4 Å². The standard InChI is InChI=1S/C17H12ClN3O/c1-11-13(9-19)4-7-17-20-15(16(10-22)21(11)17)8-12-2-5-14(18)6-3-12/h2-7,10H,8H2,1H3. The first kappa shape index (κ1) is 14.3. The molecule has 0 saturated heterocycles. The van der Waals surface area contributed by atoms with Crippen LogP contribution in [0.1, 0.15) is 33.0 Å². The number of aryl methyl sites for hydroxylation is 1. The molecule has 0 spiro atoms. The lowest BCUT2D eigenvalue weighted by atomic mass is 10.1. The molecule has 0 aliphatic carbocycles. The predicted octanol–water partition coefficient (Wildman–Crippen LogP) is 3.57. The number of carbonyl (C=O) groups is 1. The Bertz CT molecular complexity index is 904. The molecule has 4 nitrogen and oxygen atoms in total. The number of carbonyl (C=O) groups excluding carboxylic acids is 1. The molecule has 0 bridgehead atoms. The first-order valence-electron chi connectivity index (χ1n) is 6.74. The van der Waals surface area contributed by atoms with Gasteiger partial charge in [-0.05, 0) is 36.8 Å². The zero-order valence-electron chi connectivity index (χ0n) is 11.9. The van der Waals surface area contributed by atoms with Crippen LogP contribution in [0.4, 0.5) is 0 Å². The van der Waals surface area contributed by atoms with Gasteiger partial charge in [0.05, 0.1) is 11.3 Å². The molecule has 2 heterocycles. The molecule has 0 fully saturated rings. The topological polar surface area (TPSA) is 58.2 Å². The van der Waals surface area contributed by atoms with E-state index < -0.39 is 0 Å². The Balaban J connectivity index is 2.14. The van der Waals surface area contributed by atoms with Crippen LogP contribution >= 0.6 is 11.6 Å². The van der Waals surface area contributed by atoms with Crippen molar-refractivity contribution in [2.24, 2.45) is 0 Å². The fourth-order valence-electron chi connectivity index (χ4n) is 2.53. The summed E-state index contributed by atoms with van der Waals surface area (Å²) in [6.45, 7) is 1.81. The predicted molar refractivity (Wildman–Crippen MR) is 84.3 cm³/mol. The van der Waals surface area contributed by atoms with Gasteiger partial charge in [0.15, 0.2) is 6.29 Å². The van der Waals surface area contributed by atoms with E-state index in [0.717, 1.165) is 17.5 Å². The quantitative estimate of drug-likeness (QED) is 0.695. The third kappa shape index (κ3) is 2.36. The number of imidazole rings is 1. The molecule has 0 N–H and O–H groups in total. The number of nitriles is 1. The number of hydrogen-bond donors (Lipinski definition) is 0. The minimum absolute atomic E-state index is 0.486. The van der Waals surface area contributed by atoms with Gasteiger partial charge >= 0.3 is 0 Å². The average molecular weight is 310 g/mol. The van der Waals surface area contributed by atoms with Crippen LogP contribution in [0.2, 0.25) is 5.02 Å². The third-order valence-corrected chi connectivity index (χ3v) is 3.91. The van der Waals surface area contributed by atoms with Gasteiger partial charge in [0.25, 0.3) is 0 Å². The highest BCUT2D eigenvalue weighted by molar-refractivity contribution is 6.30. The van der Waals surface area contributed by atoms with Crippen LogP contribution in [0, 0.1) is 18.3 Å². The smallest absolute Gasteiger partial charge is 0.168 e. The maximum absolute atomic E-state index is 11.5. The SMILES string of the molecule is Cc1c(C#N)ccc2nc(Cc3ccc(Cl)cc3)c(C=O)n12. The molecule has 22 heavy (non-hydrogen) atoms. The van der Waals surface area contributed by atoms with Gasteiger partial charge in [-0.15, -0.1) is 0 Å². The molecule has 2 aromatic heterocycles. The minimum Gasteiger partial charge on any atom is -0.296 e. The summed E-state index contributed by atoms with van der Waals surface area (Å²) >= 11 is 5.89. The van der Waals surface area contributed by atoms with Crippen molar-refractivity contribution in [1.82, 2.24) is 9.38 Å². The Hall–Kier alpha value is -2.64. The van der Waals surface area contributed by atoms with E-state index in [4.69, 9.17) is 16.9 Å². The Labute approximate surface area is 132 Å². The van der Waals surface area contributed by atoms with Gasteiger partial charge < -0.3 is 0 Å². The number of benzene rings is 1. The van der Waals surface area contributed by atoms with E-state index in [9.17, 15) is 4.79 Å². The summed E-state index contributed by atoms with van der Waals surface area (Å²) in [6, 6.07) is 13.0. The lowest BCUT2D eigenvalue weighted by Gasteiger charge is -2.04. The summed E-state index contributed by atoms with van der Waals surface area (Å²) in [5.41, 5.74) is 4.12. The zero-order valence-corrected chi connectivity index (χ0v) is 12.6. The second-order valence-electron chi connectivity index (χ2n) is 5.00. The number of halogens is 1. The van der Waals surface area contributed by atoms with Crippen molar-refractivity contribution in [3.8, 4) is 6.07 Å². The van der Waals surface area contributed by atoms with E-state index >= 15 is 0 Å². The van der Waals surface area contributed by atoms with Crippen LogP contribution in [-0.4, -0.2) is 15.7 Å². The number of aldehydes is 1. The molecule has 0 unspecified atom stereocenters. The maximum Gasteiger partial charge on any atom is 0.168 e. The summed E-state index contributed by atoms with van der Waals surface area (Å²) in [5.74, 6) is 0. The number of pyridine rings is 1. The summed E-state index contributed by atoms with van der Waals surface area (Å²) in [7, 11) is 0. The first-order chi connectivity index (χ1) is 10.6. The van der Waals surface area contributed by atoms with Crippen LogP contribution < -0.4 is 0 Å². The van der Waals surface area contributed by atoms with E-state index in [0.29, 0.717) is 34.0 Å². The van der Waals surface area contributed by atoms with Crippen molar-refractivity contribution >= 4 is 23.5 Å². The van der Waals surface area contributed by atoms with Gasteiger partial charge in [-0.25, -0.2) is 4.98 Å². The molecular weight excluding hydrogens is 298 g/mol. The number of fused-ring (bicyclic) bond motifs is 1. The monoisotopic (exact) mass is 309 g/mol. The number of hydrogen-bond acceptors (Lipinski definition) is 3. The number of rotatable bonds is 3. The van der Waals surface area contributed by atoms with Crippen molar-refractivity contribution in [1.29, 1.82) is 5.26 Å². The number of aromatic nitrogens is 2. The summed E-state index contributed by atoms with van der Waals surface area (Å²) in [5, 5.41) is 9.80. The Morgan fingerprint density at radius 2 is 2.00 bits per heavy atom. The van der Waals surface area contributed by atoms with Crippen molar-refractivity contribution in [3.63, 3.8) is 0 Å². The fraction of sp³-hybridized carbons (Fsp3) is 0.118. The molecule has 108 valence electrons. The maximum atomic E-state index is 11.5. The minimum atomic E-state index is 0.486. The largest absolute Gasteiger partial charge is 0.296 e. The van der Waals surface area contributed by atoms with Gasteiger partial charge in [0.2, 0.25) is 0 Å². The highest BCUT2D eigenvalue weighted by Crippen LogP contribution is 2.20. The van der Waals surface area contributed by atoms with Crippen molar-refractivity contribution < 1.29 is 4.79 Å². The van der Waals surface area contributed by atoms with Gasteiger partial charge in [0, 0.05) is 17.1 Å². The van der Waals surface area contributed by atoms with Crippen molar-refractivity contribution in [3.05, 3.63) is 69.6 Å². The molecule has 3 aromatic rings. The molecule has 0 aliphatic rings. The molecule has 1 aromatic carbocycles. The van der Waals surface area contributed by atoms with Crippen molar-refractivity contribution in [2.45, 2.75) is 13.3 Å². The van der Waals surface area contributed by atoms with Crippen molar-refractivity contribution in [2.75, 3.05) is 0 Å². The lowest BCUT2D eigenvalue weighted by Crippen LogP contribution is -2.01. The van der Waals surface area contributed by atoms with E-state index in [1.54, 1.807) is 16.5 Å². The highest BCUT2D eigenvalue weighted by Gasteiger charge is 2.15. The molecular formula is C17H12ClN3O. The molecule has 0 atom stereocenters. The summed E-state index contributed by atoms with van der Waals surface area (Å²) in [4.78, 5) is 16.1. The first-order valence-corrected chi connectivity index (χ1v) is 7.12. The van der Waals surface area contributed by atoms with Crippen LogP contribution in [-0.2, 0) is 6.42 Å². The van der Waals surface area contributed by atoms with Gasteiger partial charge in [-0.1, -0.05) is 23.7 Å². The van der Waals surface area contributed by atoms with Crippen LogP contribution in [0.25, 0.3) is 5.65 Å². The average Bonchev–Trinajstić information content (AvgIpc) is 2.88. The van der Waals surface area contributed by atoms with E-state index in [1.165, 1.54) is 0 Å². The molecule has 3 rings (SSSR count). The van der Waals surface area contributed by atoms with Gasteiger partial charge in [0.1, 0.15) is 17.4 Å². The fourth-order valence-corrected chi connectivity index (χ4v) is 2.65. The summed E-state index contributed by atoms with van der Waals surface area (Å²) in [6.07, 6.45) is 1.33. The molecule has 0 aliphatic heterocycles. The second-order valence-corrected chi connectivity index (χ2v) is 5.44. The van der Waals surface area contributed by atoms with Gasteiger partial charge in [-0.3, -0.25) is 9.20 Å².